The maximum atomic E-state index is 10.6. The number of carbonyl (C=O) groups is 1. The van der Waals surface area contributed by atoms with Gasteiger partial charge in [0.15, 0.2) is 0 Å². The van der Waals surface area contributed by atoms with Gasteiger partial charge in [0.05, 0.1) is 0 Å². The second kappa shape index (κ2) is 8.86. The Hall–Kier alpha value is -3.07. The van der Waals surface area contributed by atoms with Crippen LogP contribution >= 0.6 is 0 Å². The van der Waals surface area contributed by atoms with Crippen LogP contribution in [0.1, 0.15) is 24.0 Å². The van der Waals surface area contributed by atoms with Crippen molar-refractivity contribution in [3.63, 3.8) is 0 Å². The number of aliphatic carboxylic acids is 1. The summed E-state index contributed by atoms with van der Waals surface area (Å²) in [5.41, 5.74) is 4.60. The summed E-state index contributed by atoms with van der Waals surface area (Å²) in [5, 5.41) is 8.72. The summed E-state index contributed by atoms with van der Waals surface area (Å²) in [5.74, 6) is 0.0568. The molecule has 0 bridgehead atoms. The third kappa shape index (κ3) is 5.21. The van der Waals surface area contributed by atoms with Crippen molar-refractivity contribution < 1.29 is 14.6 Å². The maximum absolute atomic E-state index is 10.6. The summed E-state index contributed by atoms with van der Waals surface area (Å²) in [4.78, 5) is 10.6. The van der Waals surface area contributed by atoms with Gasteiger partial charge in [-0.15, -0.1) is 0 Å². The Labute approximate surface area is 153 Å². The van der Waals surface area contributed by atoms with Gasteiger partial charge in [-0.1, -0.05) is 66.7 Å². The lowest BCUT2D eigenvalue weighted by Crippen LogP contribution is -1.98. The van der Waals surface area contributed by atoms with Crippen molar-refractivity contribution in [3.05, 3.63) is 90.0 Å². The predicted octanol–water partition coefficient (Wildman–Crippen LogP) is 5.34. The quantitative estimate of drug-likeness (QED) is 0.599. The SMILES string of the molecule is O=C(O)CCCc1cccc(OCc2ccc(-c3ccccc3)cc2)c1. The molecule has 0 radical (unpaired) electrons. The summed E-state index contributed by atoms with van der Waals surface area (Å²) in [7, 11) is 0. The molecule has 0 saturated carbocycles. The molecule has 3 rings (SSSR count). The van der Waals surface area contributed by atoms with Crippen LogP contribution in [-0.2, 0) is 17.8 Å². The van der Waals surface area contributed by atoms with E-state index in [-0.39, 0.29) is 6.42 Å². The second-order valence-corrected chi connectivity index (χ2v) is 6.25. The van der Waals surface area contributed by atoms with Gasteiger partial charge in [-0.05, 0) is 47.2 Å². The molecule has 132 valence electrons. The van der Waals surface area contributed by atoms with Crippen molar-refractivity contribution in [2.75, 3.05) is 0 Å². The van der Waals surface area contributed by atoms with Gasteiger partial charge in [-0.3, -0.25) is 4.79 Å². The lowest BCUT2D eigenvalue weighted by molar-refractivity contribution is -0.137. The summed E-state index contributed by atoms with van der Waals surface area (Å²) in [6.45, 7) is 0.508. The highest BCUT2D eigenvalue weighted by Gasteiger charge is 2.02. The first-order valence-electron chi connectivity index (χ1n) is 8.78. The largest absolute Gasteiger partial charge is 0.489 e. The van der Waals surface area contributed by atoms with Crippen LogP contribution in [0.2, 0.25) is 0 Å². The van der Waals surface area contributed by atoms with Crippen molar-refractivity contribution in [2.24, 2.45) is 0 Å². The first kappa shape index (κ1) is 17.7. The van der Waals surface area contributed by atoms with Gasteiger partial charge in [0.2, 0.25) is 0 Å². The number of benzene rings is 3. The molecule has 26 heavy (non-hydrogen) atoms. The molecular weight excluding hydrogens is 324 g/mol. The molecule has 3 aromatic carbocycles. The summed E-state index contributed by atoms with van der Waals surface area (Å²) >= 11 is 0. The Morgan fingerprint density at radius 2 is 1.54 bits per heavy atom. The zero-order valence-corrected chi connectivity index (χ0v) is 14.6. The number of carboxylic acid groups (broad SMARTS) is 1. The van der Waals surface area contributed by atoms with E-state index in [4.69, 9.17) is 9.84 Å². The molecule has 0 amide bonds. The standard InChI is InChI=1S/C23H22O3/c24-23(25)11-5-7-18-6-4-10-22(16-18)26-17-19-12-14-21(15-13-19)20-8-2-1-3-9-20/h1-4,6,8-10,12-16H,5,7,11,17H2,(H,24,25). The fraction of sp³-hybridized carbons (Fsp3) is 0.174. The lowest BCUT2D eigenvalue weighted by Gasteiger charge is -2.09. The van der Waals surface area contributed by atoms with E-state index in [1.165, 1.54) is 11.1 Å². The van der Waals surface area contributed by atoms with Crippen molar-refractivity contribution in [3.8, 4) is 16.9 Å². The molecule has 0 saturated heterocycles. The van der Waals surface area contributed by atoms with Gasteiger partial charge in [0.25, 0.3) is 0 Å². The maximum Gasteiger partial charge on any atom is 0.303 e. The second-order valence-electron chi connectivity index (χ2n) is 6.25. The molecule has 0 unspecified atom stereocenters. The molecule has 3 heteroatoms. The molecular formula is C23H22O3. The Bertz CT molecular complexity index is 839. The number of ether oxygens (including phenoxy) is 1. The van der Waals surface area contributed by atoms with E-state index in [9.17, 15) is 4.79 Å². The molecule has 1 N–H and O–H groups in total. The van der Waals surface area contributed by atoms with Crippen LogP contribution in [0, 0.1) is 0 Å². The molecule has 0 aliphatic carbocycles. The zero-order valence-electron chi connectivity index (χ0n) is 14.6. The molecule has 0 atom stereocenters. The minimum atomic E-state index is -0.753. The van der Waals surface area contributed by atoms with Crippen molar-refractivity contribution in [1.29, 1.82) is 0 Å². The zero-order chi connectivity index (χ0) is 18.2. The highest BCUT2D eigenvalue weighted by atomic mass is 16.5. The monoisotopic (exact) mass is 346 g/mol. The molecule has 0 spiro atoms. The van der Waals surface area contributed by atoms with Crippen LogP contribution in [0.15, 0.2) is 78.9 Å². The fourth-order valence-corrected chi connectivity index (χ4v) is 2.83. The lowest BCUT2D eigenvalue weighted by atomic mass is 10.0. The van der Waals surface area contributed by atoms with Gasteiger partial charge in [-0.25, -0.2) is 0 Å². The first-order valence-corrected chi connectivity index (χ1v) is 8.78. The summed E-state index contributed by atoms with van der Waals surface area (Å²) in [6, 6.07) is 26.5. The van der Waals surface area contributed by atoms with Gasteiger partial charge < -0.3 is 9.84 Å². The normalized spacial score (nSPS) is 10.5. The van der Waals surface area contributed by atoms with Crippen LogP contribution in [-0.4, -0.2) is 11.1 Å². The topological polar surface area (TPSA) is 46.5 Å². The van der Waals surface area contributed by atoms with Gasteiger partial charge in [0, 0.05) is 6.42 Å². The highest BCUT2D eigenvalue weighted by Crippen LogP contribution is 2.21. The van der Waals surface area contributed by atoms with E-state index in [1.807, 2.05) is 42.5 Å². The molecule has 3 aromatic rings. The fourth-order valence-electron chi connectivity index (χ4n) is 2.83. The Morgan fingerprint density at radius 1 is 0.808 bits per heavy atom. The summed E-state index contributed by atoms with van der Waals surface area (Å²) in [6.07, 6.45) is 1.58. The van der Waals surface area contributed by atoms with Crippen LogP contribution in [0.5, 0.6) is 5.75 Å². The smallest absolute Gasteiger partial charge is 0.303 e. The third-order valence-electron chi connectivity index (χ3n) is 4.22. The molecule has 0 heterocycles. The van der Waals surface area contributed by atoms with E-state index in [0.29, 0.717) is 13.0 Å². The predicted molar refractivity (Wildman–Crippen MR) is 103 cm³/mol. The molecule has 0 aromatic heterocycles. The Morgan fingerprint density at radius 3 is 2.27 bits per heavy atom. The third-order valence-corrected chi connectivity index (χ3v) is 4.22. The van der Waals surface area contributed by atoms with Crippen LogP contribution < -0.4 is 4.74 Å². The van der Waals surface area contributed by atoms with E-state index in [2.05, 4.69) is 36.4 Å². The molecule has 3 nitrogen and oxygen atoms in total. The van der Waals surface area contributed by atoms with E-state index < -0.39 is 5.97 Å². The minimum absolute atomic E-state index is 0.193. The number of aryl methyl sites for hydroxylation is 1. The van der Waals surface area contributed by atoms with Crippen LogP contribution in [0.3, 0.4) is 0 Å². The highest BCUT2D eigenvalue weighted by molar-refractivity contribution is 5.66. The van der Waals surface area contributed by atoms with Gasteiger partial charge in [-0.2, -0.15) is 0 Å². The average Bonchev–Trinajstić information content (AvgIpc) is 2.68. The van der Waals surface area contributed by atoms with E-state index in [1.54, 1.807) is 0 Å². The van der Waals surface area contributed by atoms with Crippen molar-refractivity contribution >= 4 is 5.97 Å². The van der Waals surface area contributed by atoms with Crippen molar-refractivity contribution in [1.82, 2.24) is 0 Å². The number of rotatable bonds is 8. The van der Waals surface area contributed by atoms with Crippen LogP contribution in [0.4, 0.5) is 0 Å². The number of hydrogen-bond donors (Lipinski definition) is 1. The van der Waals surface area contributed by atoms with E-state index >= 15 is 0 Å². The molecule has 0 aliphatic heterocycles. The van der Waals surface area contributed by atoms with Crippen molar-refractivity contribution in [2.45, 2.75) is 25.9 Å². The Kier molecular flexibility index (Phi) is 6.05. The van der Waals surface area contributed by atoms with Crippen LogP contribution in [0.25, 0.3) is 11.1 Å². The number of carboxylic acids is 1. The van der Waals surface area contributed by atoms with Gasteiger partial charge >= 0.3 is 5.97 Å². The average molecular weight is 346 g/mol. The first-order chi connectivity index (χ1) is 12.7. The number of hydrogen-bond acceptors (Lipinski definition) is 2. The van der Waals surface area contributed by atoms with E-state index in [0.717, 1.165) is 23.3 Å². The molecule has 0 fully saturated rings. The van der Waals surface area contributed by atoms with Gasteiger partial charge in [0.1, 0.15) is 12.4 Å². The minimum Gasteiger partial charge on any atom is -0.489 e. The summed E-state index contributed by atoms with van der Waals surface area (Å²) < 4.78 is 5.89. The molecule has 0 aliphatic rings. The Balaban J connectivity index is 1.56.